The average molecular weight is 311 g/mol. The molecule has 0 aromatic heterocycles. The third-order valence-corrected chi connectivity index (χ3v) is 3.20. The van der Waals surface area contributed by atoms with Gasteiger partial charge in [-0.15, -0.1) is 0 Å². The number of rotatable bonds is 4. The summed E-state index contributed by atoms with van der Waals surface area (Å²) in [6.07, 6.45) is -0.0445. The summed E-state index contributed by atoms with van der Waals surface area (Å²) in [4.78, 5) is 11.9. The van der Waals surface area contributed by atoms with Crippen LogP contribution in [-0.4, -0.2) is 5.91 Å². The third kappa shape index (κ3) is 4.00. The fourth-order valence-corrected chi connectivity index (χ4v) is 2.11. The predicted molar refractivity (Wildman–Crippen MR) is 78.0 cm³/mol. The van der Waals surface area contributed by atoms with Crippen molar-refractivity contribution >= 4 is 23.2 Å². The second kappa shape index (κ2) is 6.65. The lowest BCUT2D eigenvalue weighted by atomic mass is 10.0. The summed E-state index contributed by atoms with van der Waals surface area (Å²) < 4.78 is 26.5. The van der Waals surface area contributed by atoms with Crippen LogP contribution in [0, 0.1) is 11.6 Å². The van der Waals surface area contributed by atoms with Crippen molar-refractivity contribution in [1.82, 2.24) is 0 Å². The normalized spacial score (nSPS) is 12.0. The topological polar surface area (TPSA) is 55.1 Å². The Labute approximate surface area is 125 Å². The van der Waals surface area contributed by atoms with Crippen molar-refractivity contribution < 1.29 is 13.6 Å². The Morgan fingerprint density at radius 1 is 1.24 bits per heavy atom. The van der Waals surface area contributed by atoms with Crippen LogP contribution in [0.4, 0.5) is 14.5 Å². The maximum absolute atomic E-state index is 13.6. The lowest BCUT2D eigenvalue weighted by Gasteiger charge is -2.13. The maximum atomic E-state index is 13.6. The summed E-state index contributed by atoms with van der Waals surface area (Å²) in [7, 11) is 0. The number of hydrogen-bond acceptors (Lipinski definition) is 2. The summed E-state index contributed by atoms with van der Waals surface area (Å²) in [6.45, 7) is 0. The fourth-order valence-electron chi connectivity index (χ4n) is 1.87. The van der Waals surface area contributed by atoms with E-state index in [2.05, 4.69) is 5.32 Å². The molecular weight excluding hydrogens is 298 g/mol. The highest BCUT2D eigenvalue weighted by atomic mass is 35.5. The number of carbonyl (C=O) groups excluding carboxylic acids is 1. The first-order valence-electron chi connectivity index (χ1n) is 6.22. The van der Waals surface area contributed by atoms with E-state index in [4.69, 9.17) is 17.3 Å². The molecule has 0 radical (unpaired) electrons. The molecule has 1 amide bonds. The molecule has 6 heteroatoms. The third-order valence-electron chi connectivity index (χ3n) is 2.90. The lowest BCUT2D eigenvalue weighted by Crippen LogP contribution is -2.21. The van der Waals surface area contributed by atoms with Crippen molar-refractivity contribution in [2.45, 2.75) is 12.5 Å². The quantitative estimate of drug-likeness (QED) is 0.905. The van der Waals surface area contributed by atoms with E-state index in [-0.39, 0.29) is 17.1 Å². The largest absolute Gasteiger partial charge is 0.324 e. The highest BCUT2D eigenvalue weighted by Gasteiger charge is 2.16. The number of benzene rings is 2. The second-order valence-corrected chi connectivity index (χ2v) is 4.92. The first-order valence-corrected chi connectivity index (χ1v) is 6.60. The number of halogens is 3. The standard InChI is InChI=1S/C15H13ClF2N2O/c16-11-6-10(17)7-12(18)15(11)20-14(21)8-13(19)9-4-2-1-3-5-9/h1-7,13H,8,19H2,(H,20,21). The van der Waals surface area contributed by atoms with Gasteiger partial charge in [0, 0.05) is 18.5 Å². The number of nitrogens with two attached hydrogens (primary N) is 1. The molecule has 0 aliphatic heterocycles. The highest BCUT2D eigenvalue weighted by molar-refractivity contribution is 6.33. The Hall–Kier alpha value is -1.98. The molecule has 2 aromatic carbocycles. The van der Waals surface area contributed by atoms with Gasteiger partial charge in [0.15, 0.2) is 5.82 Å². The number of nitrogens with one attached hydrogen (secondary N) is 1. The van der Waals surface area contributed by atoms with E-state index in [1.54, 1.807) is 12.1 Å². The SMILES string of the molecule is NC(CC(=O)Nc1c(F)cc(F)cc1Cl)c1ccccc1. The minimum absolute atomic E-state index is 0.0445. The van der Waals surface area contributed by atoms with E-state index >= 15 is 0 Å². The number of amides is 1. The molecule has 0 heterocycles. The van der Waals surface area contributed by atoms with Gasteiger partial charge in [0.2, 0.25) is 5.91 Å². The van der Waals surface area contributed by atoms with Crippen molar-refractivity contribution in [3.05, 3.63) is 64.7 Å². The van der Waals surface area contributed by atoms with Crippen LogP contribution < -0.4 is 11.1 Å². The molecule has 3 N–H and O–H groups in total. The molecule has 2 rings (SSSR count). The van der Waals surface area contributed by atoms with Crippen LogP contribution >= 0.6 is 11.6 Å². The van der Waals surface area contributed by atoms with Crippen molar-refractivity contribution in [3.63, 3.8) is 0 Å². The van der Waals surface area contributed by atoms with Crippen LogP contribution in [-0.2, 0) is 4.79 Å². The molecule has 0 saturated heterocycles. The molecule has 0 saturated carbocycles. The molecule has 0 aliphatic rings. The van der Waals surface area contributed by atoms with E-state index in [1.165, 1.54) is 0 Å². The molecule has 1 atom stereocenters. The van der Waals surface area contributed by atoms with Crippen LogP contribution in [0.2, 0.25) is 5.02 Å². The van der Waals surface area contributed by atoms with Gasteiger partial charge in [-0.05, 0) is 11.6 Å². The molecule has 0 spiro atoms. The summed E-state index contributed by atoms with van der Waals surface area (Å²) >= 11 is 5.71. The molecule has 110 valence electrons. The van der Waals surface area contributed by atoms with Crippen LogP contribution in [0.15, 0.2) is 42.5 Å². The van der Waals surface area contributed by atoms with Gasteiger partial charge in [0.05, 0.1) is 10.7 Å². The second-order valence-electron chi connectivity index (χ2n) is 4.51. The van der Waals surface area contributed by atoms with Crippen LogP contribution in [0.25, 0.3) is 0 Å². The van der Waals surface area contributed by atoms with Crippen molar-refractivity contribution in [3.8, 4) is 0 Å². The van der Waals surface area contributed by atoms with Gasteiger partial charge in [-0.25, -0.2) is 8.78 Å². The Kier molecular flexibility index (Phi) is 4.88. The molecule has 1 unspecified atom stereocenters. The summed E-state index contributed by atoms with van der Waals surface area (Å²) in [5, 5.41) is 2.11. The number of hydrogen-bond donors (Lipinski definition) is 2. The fraction of sp³-hybridized carbons (Fsp3) is 0.133. The first kappa shape index (κ1) is 15.4. The van der Waals surface area contributed by atoms with Gasteiger partial charge in [0.1, 0.15) is 5.82 Å². The van der Waals surface area contributed by atoms with E-state index in [1.807, 2.05) is 18.2 Å². The van der Waals surface area contributed by atoms with Crippen molar-refractivity contribution in [2.24, 2.45) is 5.73 Å². The minimum Gasteiger partial charge on any atom is -0.324 e. The van der Waals surface area contributed by atoms with Gasteiger partial charge in [-0.2, -0.15) is 0 Å². The molecule has 0 aliphatic carbocycles. The maximum Gasteiger partial charge on any atom is 0.226 e. The van der Waals surface area contributed by atoms with Gasteiger partial charge in [-0.3, -0.25) is 4.79 Å². The van der Waals surface area contributed by atoms with Crippen LogP contribution in [0.1, 0.15) is 18.0 Å². The van der Waals surface area contributed by atoms with E-state index in [9.17, 15) is 13.6 Å². The average Bonchev–Trinajstić information content (AvgIpc) is 2.43. The van der Waals surface area contributed by atoms with E-state index < -0.39 is 23.6 Å². The zero-order valence-electron chi connectivity index (χ0n) is 10.9. The highest BCUT2D eigenvalue weighted by Crippen LogP contribution is 2.27. The Balaban J connectivity index is 2.06. The van der Waals surface area contributed by atoms with Crippen LogP contribution in [0.3, 0.4) is 0 Å². The molecule has 0 bridgehead atoms. The van der Waals surface area contributed by atoms with Crippen molar-refractivity contribution in [1.29, 1.82) is 0 Å². The van der Waals surface area contributed by atoms with Gasteiger partial charge in [0.25, 0.3) is 0 Å². The predicted octanol–water partition coefficient (Wildman–Crippen LogP) is 3.65. The van der Waals surface area contributed by atoms with E-state index in [0.717, 1.165) is 11.6 Å². The van der Waals surface area contributed by atoms with Gasteiger partial charge in [-0.1, -0.05) is 41.9 Å². The Morgan fingerprint density at radius 3 is 2.52 bits per heavy atom. The van der Waals surface area contributed by atoms with Gasteiger partial charge < -0.3 is 11.1 Å². The minimum atomic E-state index is -0.929. The molecule has 0 fully saturated rings. The summed E-state index contributed by atoms with van der Waals surface area (Å²) in [5.41, 5.74) is 6.45. The monoisotopic (exact) mass is 310 g/mol. The molecular formula is C15H13ClF2N2O. The van der Waals surface area contributed by atoms with E-state index in [0.29, 0.717) is 6.07 Å². The smallest absolute Gasteiger partial charge is 0.226 e. The van der Waals surface area contributed by atoms with Gasteiger partial charge >= 0.3 is 0 Å². The zero-order chi connectivity index (χ0) is 15.4. The van der Waals surface area contributed by atoms with Crippen molar-refractivity contribution in [2.75, 3.05) is 5.32 Å². The molecule has 21 heavy (non-hydrogen) atoms. The summed E-state index contributed by atoms with van der Waals surface area (Å²) in [5.74, 6) is -2.24. The Morgan fingerprint density at radius 2 is 1.90 bits per heavy atom. The number of anilines is 1. The zero-order valence-corrected chi connectivity index (χ0v) is 11.7. The molecule has 2 aromatic rings. The van der Waals surface area contributed by atoms with Crippen LogP contribution in [0.5, 0.6) is 0 Å². The number of carbonyl (C=O) groups is 1. The molecule has 3 nitrogen and oxygen atoms in total. The Bertz CT molecular complexity index is 626. The lowest BCUT2D eigenvalue weighted by molar-refractivity contribution is -0.116. The summed E-state index contributed by atoms with van der Waals surface area (Å²) in [6, 6.07) is 10.1. The first-order chi connectivity index (χ1) is 9.97.